The molecule has 0 heterocycles. The molecule has 1 N–H and O–H groups in total. The molecule has 1 atom stereocenters. The van der Waals surface area contributed by atoms with Crippen LogP contribution in [0.5, 0.6) is 0 Å². The monoisotopic (exact) mass is 245 g/mol. The van der Waals surface area contributed by atoms with E-state index >= 15 is 0 Å². The predicted molar refractivity (Wildman–Crippen MR) is 78.9 cm³/mol. The Labute approximate surface area is 112 Å². The summed E-state index contributed by atoms with van der Waals surface area (Å²) in [6.07, 6.45) is 5.60. The maximum Gasteiger partial charge on any atom is 0.0294 e. The van der Waals surface area contributed by atoms with E-state index in [2.05, 4.69) is 51.2 Å². The molecule has 2 rings (SSSR count). The smallest absolute Gasteiger partial charge is 0.0294 e. The Morgan fingerprint density at radius 3 is 2.56 bits per heavy atom. The standard InChI is InChI=1S/C17H27N/c1-13-7-8-14(2)16(11-13)15(3)18-12-17(4)9-5-6-10-17/h7-8,11,15,18H,5-6,9-10,12H2,1-4H3. The second-order valence-corrected chi connectivity index (χ2v) is 6.48. The number of hydrogen-bond donors (Lipinski definition) is 1. The molecule has 100 valence electrons. The molecule has 1 fully saturated rings. The number of benzene rings is 1. The van der Waals surface area contributed by atoms with Gasteiger partial charge in [0.2, 0.25) is 0 Å². The van der Waals surface area contributed by atoms with Crippen LogP contribution in [0.1, 0.15) is 62.3 Å². The molecule has 1 aliphatic rings. The van der Waals surface area contributed by atoms with Crippen LogP contribution in [0, 0.1) is 19.3 Å². The third kappa shape index (κ3) is 3.14. The van der Waals surface area contributed by atoms with Crippen LogP contribution >= 0.6 is 0 Å². The molecular weight excluding hydrogens is 218 g/mol. The van der Waals surface area contributed by atoms with Crippen LogP contribution in [0.25, 0.3) is 0 Å². The van der Waals surface area contributed by atoms with Crippen molar-refractivity contribution in [2.24, 2.45) is 5.41 Å². The summed E-state index contributed by atoms with van der Waals surface area (Å²) in [5, 5.41) is 3.75. The summed E-state index contributed by atoms with van der Waals surface area (Å²) < 4.78 is 0. The highest BCUT2D eigenvalue weighted by Crippen LogP contribution is 2.37. The molecule has 0 amide bonds. The first-order chi connectivity index (χ1) is 8.50. The van der Waals surface area contributed by atoms with Crippen molar-refractivity contribution in [2.45, 2.75) is 59.4 Å². The molecule has 1 nitrogen and oxygen atoms in total. The van der Waals surface area contributed by atoms with E-state index in [9.17, 15) is 0 Å². The average molecular weight is 245 g/mol. The lowest BCUT2D eigenvalue weighted by atomic mass is 9.88. The molecule has 0 aromatic heterocycles. The molecule has 1 aliphatic carbocycles. The van der Waals surface area contributed by atoms with Gasteiger partial charge < -0.3 is 5.32 Å². The van der Waals surface area contributed by atoms with E-state index in [1.807, 2.05) is 0 Å². The maximum absolute atomic E-state index is 3.75. The Morgan fingerprint density at radius 1 is 1.22 bits per heavy atom. The van der Waals surface area contributed by atoms with Gasteiger partial charge in [0.15, 0.2) is 0 Å². The van der Waals surface area contributed by atoms with Gasteiger partial charge in [0.25, 0.3) is 0 Å². The van der Waals surface area contributed by atoms with E-state index in [-0.39, 0.29) is 0 Å². The van der Waals surface area contributed by atoms with E-state index in [4.69, 9.17) is 0 Å². The van der Waals surface area contributed by atoms with Gasteiger partial charge in [-0.25, -0.2) is 0 Å². The van der Waals surface area contributed by atoms with Crippen molar-refractivity contribution in [2.75, 3.05) is 6.54 Å². The van der Waals surface area contributed by atoms with Gasteiger partial charge >= 0.3 is 0 Å². The number of nitrogens with one attached hydrogen (secondary N) is 1. The first-order valence-corrected chi connectivity index (χ1v) is 7.31. The highest BCUT2D eigenvalue weighted by Gasteiger charge is 2.28. The molecule has 1 aromatic carbocycles. The molecular formula is C17H27N. The number of rotatable bonds is 4. The van der Waals surface area contributed by atoms with Gasteiger partial charge in [0, 0.05) is 12.6 Å². The quantitative estimate of drug-likeness (QED) is 0.821. The number of hydrogen-bond acceptors (Lipinski definition) is 1. The highest BCUT2D eigenvalue weighted by molar-refractivity contribution is 5.32. The zero-order valence-corrected chi connectivity index (χ0v) is 12.3. The van der Waals surface area contributed by atoms with Crippen LogP contribution in [-0.2, 0) is 0 Å². The first kappa shape index (κ1) is 13.6. The minimum absolute atomic E-state index is 0.460. The minimum atomic E-state index is 0.460. The van der Waals surface area contributed by atoms with Gasteiger partial charge in [0.05, 0.1) is 0 Å². The van der Waals surface area contributed by atoms with E-state index < -0.39 is 0 Å². The lowest BCUT2D eigenvalue weighted by molar-refractivity contribution is 0.301. The van der Waals surface area contributed by atoms with E-state index in [0.717, 1.165) is 6.54 Å². The summed E-state index contributed by atoms with van der Waals surface area (Å²) in [5.41, 5.74) is 4.75. The van der Waals surface area contributed by atoms with Gasteiger partial charge in [-0.15, -0.1) is 0 Å². The molecule has 18 heavy (non-hydrogen) atoms. The fourth-order valence-electron chi connectivity index (χ4n) is 3.14. The van der Waals surface area contributed by atoms with Crippen LogP contribution in [0.3, 0.4) is 0 Å². The lowest BCUT2D eigenvalue weighted by Crippen LogP contribution is -2.31. The van der Waals surface area contributed by atoms with Crippen molar-refractivity contribution in [1.82, 2.24) is 5.32 Å². The maximum atomic E-state index is 3.75. The van der Waals surface area contributed by atoms with Crippen molar-refractivity contribution in [3.8, 4) is 0 Å². The van der Waals surface area contributed by atoms with Crippen LogP contribution < -0.4 is 5.32 Å². The Bertz CT molecular complexity index is 402. The van der Waals surface area contributed by atoms with E-state index in [1.165, 1.54) is 42.4 Å². The predicted octanol–water partition coefficient (Wildman–Crippen LogP) is 4.53. The van der Waals surface area contributed by atoms with Crippen LogP contribution in [0.4, 0.5) is 0 Å². The third-order valence-corrected chi connectivity index (χ3v) is 4.55. The van der Waals surface area contributed by atoms with Crippen LogP contribution in [0.2, 0.25) is 0 Å². The summed E-state index contributed by atoms with van der Waals surface area (Å²) in [6.45, 7) is 10.3. The average Bonchev–Trinajstić information content (AvgIpc) is 2.77. The van der Waals surface area contributed by atoms with Crippen LogP contribution in [0.15, 0.2) is 18.2 Å². The molecule has 0 spiro atoms. The van der Waals surface area contributed by atoms with Crippen molar-refractivity contribution in [1.29, 1.82) is 0 Å². The normalized spacial score (nSPS) is 20.0. The second-order valence-electron chi connectivity index (χ2n) is 6.48. The first-order valence-electron chi connectivity index (χ1n) is 7.31. The van der Waals surface area contributed by atoms with E-state index in [1.54, 1.807) is 0 Å². The molecule has 1 aromatic rings. The van der Waals surface area contributed by atoms with Gasteiger partial charge in [-0.3, -0.25) is 0 Å². The Hall–Kier alpha value is -0.820. The van der Waals surface area contributed by atoms with Gasteiger partial charge in [-0.1, -0.05) is 43.5 Å². The van der Waals surface area contributed by atoms with Crippen molar-refractivity contribution in [3.05, 3.63) is 34.9 Å². The molecule has 0 aliphatic heterocycles. The molecule has 1 heteroatoms. The summed E-state index contributed by atoms with van der Waals surface area (Å²) in [6, 6.07) is 7.22. The fraction of sp³-hybridized carbons (Fsp3) is 0.647. The van der Waals surface area contributed by atoms with E-state index in [0.29, 0.717) is 11.5 Å². The zero-order valence-electron chi connectivity index (χ0n) is 12.3. The molecule has 1 saturated carbocycles. The molecule has 0 saturated heterocycles. The Kier molecular flexibility index (Phi) is 4.11. The van der Waals surface area contributed by atoms with Crippen molar-refractivity contribution in [3.63, 3.8) is 0 Å². The van der Waals surface area contributed by atoms with Gasteiger partial charge in [0.1, 0.15) is 0 Å². The zero-order chi connectivity index (χ0) is 13.2. The lowest BCUT2D eigenvalue weighted by Gasteiger charge is -2.27. The fourth-order valence-corrected chi connectivity index (χ4v) is 3.14. The summed E-state index contributed by atoms with van der Waals surface area (Å²) >= 11 is 0. The third-order valence-electron chi connectivity index (χ3n) is 4.55. The van der Waals surface area contributed by atoms with Gasteiger partial charge in [-0.05, 0) is 50.2 Å². The highest BCUT2D eigenvalue weighted by atomic mass is 14.9. The second kappa shape index (κ2) is 5.44. The number of aryl methyl sites for hydroxylation is 2. The van der Waals surface area contributed by atoms with Crippen molar-refractivity contribution >= 4 is 0 Å². The Balaban J connectivity index is 1.99. The van der Waals surface area contributed by atoms with Gasteiger partial charge in [-0.2, -0.15) is 0 Å². The molecule has 1 unspecified atom stereocenters. The SMILES string of the molecule is Cc1ccc(C)c(C(C)NCC2(C)CCCC2)c1. The topological polar surface area (TPSA) is 12.0 Å². The molecule has 0 bridgehead atoms. The van der Waals surface area contributed by atoms with Crippen molar-refractivity contribution < 1.29 is 0 Å². The Morgan fingerprint density at radius 2 is 1.89 bits per heavy atom. The largest absolute Gasteiger partial charge is 0.310 e. The summed E-state index contributed by atoms with van der Waals surface area (Å²) in [4.78, 5) is 0. The minimum Gasteiger partial charge on any atom is -0.310 e. The molecule has 0 radical (unpaired) electrons. The van der Waals surface area contributed by atoms with Crippen LogP contribution in [-0.4, -0.2) is 6.54 Å². The summed E-state index contributed by atoms with van der Waals surface area (Å²) in [5.74, 6) is 0. The summed E-state index contributed by atoms with van der Waals surface area (Å²) in [7, 11) is 0.